The molecule has 14 rings (SSSR count). The highest BCUT2D eigenvalue weighted by Crippen LogP contribution is 2.65. The predicted molar refractivity (Wildman–Crippen MR) is 296 cm³/mol. The smallest absolute Gasteiger partial charge is 0.0755 e. The van der Waals surface area contributed by atoms with E-state index in [0.29, 0.717) is 0 Å². The van der Waals surface area contributed by atoms with Crippen LogP contribution in [-0.4, -0.2) is 0 Å². The third-order valence-corrected chi connectivity index (χ3v) is 15.8. The largest absolute Gasteiger partial charge is 0.310 e. The Kier molecular flexibility index (Phi) is 9.33. The molecule has 0 saturated carbocycles. The van der Waals surface area contributed by atoms with E-state index in [2.05, 4.69) is 277 Å². The number of hydrogen-bond donors (Lipinski definition) is 0. The molecular formula is C67H44N2S. The fourth-order valence-corrected chi connectivity index (χ4v) is 12.8. The van der Waals surface area contributed by atoms with Gasteiger partial charge in [0, 0.05) is 42.7 Å². The molecule has 0 unspecified atom stereocenters. The molecule has 0 N–H and O–H groups in total. The number of thiophene rings is 1. The van der Waals surface area contributed by atoms with Crippen LogP contribution in [0.4, 0.5) is 34.1 Å². The maximum absolute atomic E-state index is 2.52. The van der Waals surface area contributed by atoms with Crippen molar-refractivity contribution in [3.63, 3.8) is 0 Å². The van der Waals surface area contributed by atoms with Gasteiger partial charge in [-0.15, -0.1) is 11.3 Å². The quantitative estimate of drug-likeness (QED) is 0.157. The highest BCUT2D eigenvalue weighted by atomic mass is 32.1. The lowest BCUT2D eigenvalue weighted by Gasteiger charge is -2.45. The average Bonchev–Trinajstić information content (AvgIpc) is 3.96. The van der Waals surface area contributed by atoms with Gasteiger partial charge in [-0.05, 0) is 116 Å². The minimum Gasteiger partial charge on any atom is -0.310 e. The Morgan fingerprint density at radius 3 is 1.60 bits per heavy atom. The molecule has 0 bridgehead atoms. The molecular weight excluding hydrogens is 865 g/mol. The Morgan fingerprint density at radius 2 is 0.843 bits per heavy atom. The Morgan fingerprint density at radius 1 is 0.329 bits per heavy atom. The summed E-state index contributed by atoms with van der Waals surface area (Å²) in [6.07, 6.45) is 0. The van der Waals surface area contributed by atoms with E-state index in [0.717, 1.165) is 33.9 Å². The van der Waals surface area contributed by atoms with Crippen molar-refractivity contribution in [2.24, 2.45) is 0 Å². The van der Waals surface area contributed by atoms with Crippen molar-refractivity contribution < 1.29 is 0 Å². The second-order valence-corrected chi connectivity index (χ2v) is 19.4. The van der Waals surface area contributed by atoms with E-state index in [-0.39, 0.29) is 0 Å². The van der Waals surface area contributed by atoms with Crippen LogP contribution in [0.2, 0.25) is 0 Å². The van der Waals surface area contributed by atoms with Crippen molar-refractivity contribution in [2.75, 3.05) is 9.80 Å². The fraction of sp³-hybridized carbons (Fsp3) is 0.0149. The lowest BCUT2D eigenvalue weighted by molar-refractivity contribution is 0.752. The summed E-state index contributed by atoms with van der Waals surface area (Å²) in [6, 6.07) is 98.7. The molecule has 0 saturated heterocycles. The molecule has 1 aliphatic heterocycles. The zero-order valence-corrected chi connectivity index (χ0v) is 39.0. The first-order chi connectivity index (χ1) is 34.7. The SMILES string of the molecule is c1ccc(-c2ccc(-c3ccccc3N(c3ccc(-c4ccc5c(c4)sc4ccccc45)cc3)c3cccc4c3-c3ccccc3C43c4ccccc4N(c4ccccc4)c4ccccc43)cc2)cc1. The predicted octanol–water partition coefficient (Wildman–Crippen LogP) is 18.7. The average molecular weight is 909 g/mol. The van der Waals surface area contributed by atoms with Gasteiger partial charge < -0.3 is 9.80 Å². The van der Waals surface area contributed by atoms with Crippen LogP contribution < -0.4 is 9.80 Å². The van der Waals surface area contributed by atoms with E-state index in [4.69, 9.17) is 0 Å². The Bertz CT molecular complexity index is 3900. The van der Waals surface area contributed by atoms with Crippen LogP contribution in [0.25, 0.3) is 64.7 Å². The number of benzene rings is 11. The lowest BCUT2D eigenvalue weighted by atomic mass is 9.64. The van der Waals surface area contributed by atoms with Gasteiger partial charge in [-0.2, -0.15) is 0 Å². The van der Waals surface area contributed by atoms with Crippen LogP contribution in [0.15, 0.2) is 267 Å². The summed E-state index contributed by atoms with van der Waals surface area (Å²) in [5.41, 5.74) is 21.0. The van der Waals surface area contributed by atoms with Crippen LogP contribution in [0.1, 0.15) is 22.3 Å². The number of rotatable bonds is 7. The van der Waals surface area contributed by atoms with Crippen molar-refractivity contribution in [1.29, 1.82) is 0 Å². The second kappa shape index (κ2) is 16.2. The molecule has 70 heavy (non-hydrogen) atoms. The molecule has 1 aromatic heterocycles. The van der Waals surface area contributed by atoms with Crippen LogP contribution >= 0.6 is 11.3 Å². The van der Waals surface area contributed by atoms with Gasteiger partial charge >= 0.3 is 0 Å². The summed E-state index contributed by atoms with van der Waals surface area (Å²) in [5, 5.41) is 2.63. The molecule has 328 valence electrons. The summed E-state index contributed by atoms with van der Waals surface area (Å²) in [7, 11) is 0. The summed E-state index contributed by atoms with van der Waals surface area (Å²) in [6.45, 7) is 0. The minimum atomic E-state index is -0.589. The van der Waals surface area contributed by atoms with Gasteiger partial charge in [0.05, 0.1) is 28.2 Å². The Balaban J connectivity index is 0.990. The normalized spacial score (nSPS) is 12.9. The topological polar surface area (TPSA) is 6.48 Å². The molecule has 12 aromatic rings. The molecule has 0 fully saturated rings. The second-order valence-electron chi connectivity index (χ2n) is 18.4. The first kappa shape index (κ1) is 40.3. The van der Waals surface area contributed by atoms with Crippen molar-refractivity contribution >= 4 is 65.6 Å². The molecule has 0 atom stereocenters. The Labute approximate surface area is 412 Å². The molecule has 3 heteroatoms. The first-order valence-corrected chi connectivity index (χ1v) is 24.9. The van der Waals surface area contributed by atoms with E-state index in [1.165, 1.54) is 87.2 Å². The number of hydrogen-bond acceptors (Lipinski definition) is 3. The number of fused-ring (bicyclic) bond motifs is 12. The summed E-state index contributed by atoms with van der Waals surface area (Å²) in [5.74, 6) is 0. The van der Waals surface area contributed by atoms with Crippen LogP contribution in [0.5, 0.6) is 0 Å². The molecule has 0 amide bonds. The van der Waals surface area contributed by atoms with E-state index >= 15 is 0 Å². The zero-order valence-electron chi connectivity index (χ0n) is 38.2. The number of anilines is 6. The Hall–Kier alpha value is -8.76. The number of para-hydroxylation sites is 4. The lowest BCUT2D eigenvalue weighted by Crippen LogP contribution is -2.36. The van der Waals surface area contributed by atoms with Gasteiger partial charge in [-0.3, -0.25) is 0 Å². The monoisotopic (exact) mass is 908 g/mol. The molecule has 2 aliphatic rings. The molecule has 1 spiro atoms. The molecule has 0 radical (unpaired) electrons. The first-order valence-electron chi connectivity index (χ1n) is 24.1. The van der Waals surface area contributed by atoms with E-state index in [9.17, 15) is 0 Å². The van der Waals surface area contributed by atoms with E-state index < -0.39 is 5.41 Å². The van der Waals surface area contributed by atoms with Gasteiger partial charge in [-0.1, -0.05) is 206 Å². The fourth-order valence-electron chi connectivity index (χ4n) is 11.7. The number of nitrogens with zero attached hydrogens (tertiary/aromatic N) is 2. The van der Waals surface area contributed by atoms with E-state index in [1.54, 1.807) is 0 Å². The van der Waals surface area contributed by atoms with Gasteiger partial charge in [0.2, 0.25) is 0 Å². The van der Waals surface area contributed by atoms with Gasteiger partial charge in [-0.25, -0.2) is 0 Å². The van der Waals surface area contributed by atoms with Gasteiger partial charge in [0.25, 0.3) is 0 Å². The third kappa shape index (κ3) is 6.12. The zero-order chi connectivity index (χ0) is 46.2. The van der Waals surface area contributed by atoms with Crippen molar-refractivity contribution in [2.45, 2.75) is 5.41 Å². The third-order valence-electron chi connectivity index (χ3n) is 14.7. The van der Waals surface area contributed by atoms with Gasteiger partial charge in [0.15, 0.2) is 0 Å². The summed E-state index contributed by atoms with van der Waals surface area (Å²) >= 11 is 1.87. The van der Waals surface area contributed by atoms with Gasteiger partial charge in [0.1, 0.15) is 0 Å². The molecule has 1 aliphatic carbocycles. The minimum absolute atomic E-state index is 0.589. The summed E-state index contributed by atoms with van der Waals surface area (Å²) < 4.78 is 2.63. The highest BCUT2D eigenvalue weighted by Gasteiger charge is 2.52. The summed E-state index contributed by atoms with van der Waals surface area (Å²) in [4.78, 5) is 4.97. The van der Waals surface area contributed by atoms with Crippen molar-refractivity contribution in [3.05, 3.63) is 289 Å². The van der Waals surface area contributed by atoms with Crippen molar-refractivity contribution in [3.8, 4) is 44.5 Å². The van der Waals surface area contributed by atoms with Crippen LogP contribution in [0, 0.1) is 0 Å². The maximum atomic E-state index is 2.52. The van der Waals surface area contributed by atoms with E-state index in [1.807, 2.05) is 11.3 Å². The highest BCUT2D eigenvalue weighted by molar-refractivity contribution is 7.25. The van der Waals surface area contributed by atoms with Crippen molar-refractivity contribution in [1.82, 2.24) is 0 Å². The standard InChI is InChI=1S/C67H44N2S/c1-3-18-45(19-4-1)46-34-36-48(37-35-46)52-22-8-13-29-60(52)68(51-41-38-47(39-42-51)49-40-43-54-53-23-9-16-33-64(53)70-65(54)44-49)63-32-17-28-59-66(63)55-24-7-10-25-56(55)67(59)57-26-11-14-30-61(57)69(50-20-5-2-6-21-50)62-31-15-12-27-58(62)67/h1-44H. The maximum Gasteiger partial charge on any atom is 0.0755 e. The van der Waals surface area contributed by atoms with Crippen LogP contribution in [0.3, 0.4) is 0 Å². The molecule has 2 nitrogen and oxygen atoms in total. The molecule has 2 heterocycles. The van der Waals surface area contributed by atoms with Crippen LogP contribution in [-0.2, 0) is 5.41 Å². The molecule has 11 aromatic carbocycles.